The number of hydrogen-bond donors (Lipinski definition) is 0. The minimum Gasteiger partial charge on any atom is -0.461 e. The lowest BCUT2D eigenvalue weighted by Gasteiger charge is -2.08. The van der Waals surface area contributed by atoms with Crippen molar-refractivity contribution in [1.82, 2.24) is 9.38 Å². The van der Waals surface area contributed by atoms with E-state index in [4.69, 9.17) is 4.74 Å². The zero-order valence-corrected chi connectivity index (χ0v) is 12.7. The Morgan fingerprint density at radius 1 is 1.14 bits per heavy atom. The molecule has 3 rings (SSSR count). The molecule has 0 aliphatic rings. The molecule has 0 amide bonds. The smallest absolute Gasteiger partial charge is 0.358 e. The van der Waals surface area contributed by atoms with Crippen LogP contribution in [0.15, 0.2) is 48.8 Å². The van der Waals surface area contributed by atoms with Crippen molar-refractivity contribution < 1.29 is 9.53 Å². The summed E-state index contributed by atoms with van der Waals surface area (Å²) in [5, 5.41) is 0. The van der Waals surface area contributed by atoms with Crippen LogP contribution >= 0.6 is 0 Å². The molecule has 22 heavy (non-hydrogen) atoms. The summed E-state index contributed by atoms with van der Waals surface area (Å²) >= 11 is 0. The van der Waals surface area contributed by atoms with Gasteiger partial charge in [-0.3, -0.25) is 0 Å². The molecule has 2 aromatic heterocycles. The molecular weight excluding hydrogens is 276 g/mol. The lowest BCUT2D eigenvalue weighted by molar-refractivity contribution is 0.0520. The van der Waals surface area contributed by atoms with Gasteiger partial charge < -0.3 is 9.14 Å². The van der Waals surface area contributed by atoms with Crippen LogP contribution < -0.4 is 0 Å². The molecule has 0 aliphatic heterocycles. The first-order valence-electron chi connectivity index (χ1n) is 7.47. The number of nitrogens with zero attached hydrogens (tertiary/aromatic N) is 2. The number of aromatic nitrogens is 2. The Hall–Kier alpha value is -2.62. The van der Waals surface area contributed by atoms with E-state index in [1.807, 2.05) is 28.8 Å². The number of rotatable bonds is 4. The van der Waals surface area contributed by atoms with Crippen molar-refractivity contribution in [2.24, 2.45) is 0 Å². The van der Waals surface area contributed by atoms with Gasteiger partial charge in [0.05, 0.1) is 6.61 Å². The molecule has 112 valence electrons. The number of hydrogen-bond acceptors (Lipinski definition) is 3. The van der Waals surface area contributed by atoms with Gasteiger partial charge >= 0.3 is 5.97 Å². The highest BCUT2D eigenvalue weighted by Crippen LogP contribution is 2.24. The molecule has 2 heterocycles. The molecule has 0 unspecified atom stereocenters. The monoisotopic (exact) mass is 294 g/mol. The van der Waals surface area contributed by atoms with E-state index in [0.29, 0.717) is 12.3 Å². The first-order chi connectivity index (χ1) is 10.7. The molecule has 0 spiro atoms. The van der Waals surface area contributed by atoms with Gasteiger partial charge in [-0.2, -0.15) is 0 Å². The molecule has 0 bridgehead atoms. The molecule has 0 radical (unpaired) electrons. The van der Waals surface area contributed by atoms with Crippen LogP contribution in [0.1, 0.15) is 29.9 Å². The van der Waals surface area contributed by atoms with Crippen LogP contribution in [0.25, 0.3) is 16.8 Å². The van der Waals surface area contributed by atoms with E-state index in [1.54, 1.807) is 13.1 Å². The van der Waals surface area contributed by atoms with Crippen molar-refractivity contribution in [1.29, 1.82) is 0 Å². The first-order valence-corrected chi connectivity index (χ1v) is 7.47. The van der Waals surface area contributed by atoms with Crippen LogP contribution in [-0.4, -0.2) is 22.0 Å². The fourth-order valence-corrected chi connectivity index (χ4v) is 2.56. The van der Waals surface area contributed by atoms with E-state index < -0.39 is 0 Å². The number of carbonyl (C=O) groups excluding carboxylic acids is 1. The van der Waals surface area contributed by atoms with E-state index in [9.17, 15) is 4.79 Å². The van der Waals surface area contributed by atoms with Crippen LogP contribution in [0.4, 0.5) is 0 Å². The van der Waals surface area contributed by atoms with Crippen LogP contribution in [0, 0.1) is 0 Å². The Morgan fingerprint density at radius 2 is 1.95 bits per heavy atom. The quantitative estimate of drug-likeness (QED) is 0.688. The summed E-state index contributed by atoms with van der Waals surface area (Å²) in [7, 11) is 0. The number of fused-ring (bicyclic) bond motifs is 1. The minimum atomic E-state index is -0.387. The zero-order chi connectivity index (χ0) is 15.5. The maximum Gasteiger partial charge on any atom is 0.358 e. The summed E-state index contributed by atoms with van der Waals surface area (Å²) in [5.74, 6) is -0.387. The van der Waals surface area contributed by atoms with Gasteiger partial charge in [0, 0.05) is 12.4 Å². The van der Waals surface area contributed by atoms with Gasteiger partial charge in [0.2, 0.25) is 0 Å². The second-order valence-electron chi connectivity index (χ2n) is 5.04. The van der Waals surface area contributed by atoms with Gasteiger partial charge in [-0.05, 0) is 42.2 Å². The Kier molecular flexibility index (Phi) is 3.92. The molecule has 0 saturated carbocycles. The topological polar surface area (TPSA) is 43.6 Å². The van der Waals surface area contributed by atoms with E-state index in [-0.39, 0.29) is 5.97 Å². The summed E-state index contributed by atoms with van der Waals surface area (Å²) in [6.45, 7) is 4.28. The SMILES string of the molecule is CCOC(=O)c1cn2cc(-c3ccccc3CC)ccc2n1. The molecule has 4 heteroatoms. The van der Waals surface area contributed by atoms with Crippen LogP contribution in [0.5, 0.6) is 0 Å². The van der Waals surface area contributed by atoms with Gasteiger partial charge in [-0.15, -0.1) is 0 Å². The van der Waals surface area contributed by atoms with Crippen molar-refractivity contribution in [3.05, 3.63) is 60.0 Å². The Balaban J connectivity index is 2.04. The third-order valence-electron chi connectivity index (χ3n) is 3.64. The van der Waals surface area contributed by atoms with Gasteiger partial charge in [0.15, 0.2) is 5.69 Å². The van der Waals surface area contributed by atoms with Crippen molar-refractivity contribution in [2.45, 2.75) is 20.3 Å². The van der Waals surface area contributed by atoms with Crippen molar-refractivity contribution in [3.8, 4) is 11.1 Å². The fraction of sp³-hybridized carbons (Fsp3) is 0.222. The second kappa shape index (κ2) is 6.02. The van der Waals surface area contributed by atoms with Crippen molar-refractivity contribution >= 4 is 11.6 Å². The average molecular weight is 294 g/mol. The molecule has 3 aromatic rings. The van der Waals surface area contributed by atoms with Crippen molar-refractivity contribution in [2.75, 3.05) is 6.61 Å². The normalized spacial score (nSPS) is 10.8. The first kappa shape index (κ1) is 14.3. The van der Waals surface area contributed by atoms with Gasteiger partial charge in [-0.25, -0.2) is 9.78 Å². The molecule has 1 aromatic carbocycles. The summed E-state index contributed by atoms with van der Waals surface area (Å²) in [6, 6.07) is 12.3. The minimum absolute atomic E-state index is 0.336. The van der Waals surface area contributed by atoms with E-state index in [0.717, 1.165) is 17.6 Å². The standard InChI is InChI=1S/C18H18N2O2/c1-3-13-7-5-6-8-15(13)14-9-10-17-19-16(12-20(17)11-14)18(21)22-4-2/h5-12H,3-4H2,1-2H3. The highest BCUT2D eigenvalue weighted by atomic mass is 16.5. The van der Waals surface area contributed by atoms with E-state index >= 15 is 0 Å². The Bertz CT molecular complexity index is 821. The molecule has 0 N–H and O–H groups in total. The van der Waals surface area contributed by atoms with Crippen LogP contribution in [-0.2, 0) is 11.2 Å². The molecule has 4 nitrogen and oxygen atoms in total. The lowest BCUT2D eigenvalue weighted by atomic mass is 9.99. The number of benzene rings is 1. The maximum absolute atomic E-state index is 11.8. The Morgan fingerprint density at radius 3 is 2.73 bits per heavy atom. The largest absolute Gasteiger partial charge is 0.461 e. The van der Waals surface area contributed by atoms with Crippen molar-refractivity contribution in [3.63, 3.8) is 0 Å². The summed E-state index contributed by atoms with van der Waals surface area (Å²) in [6.07, 6.45) is 4.69. The molecule has 0 atom stereocenters. The zero-order valence-electron chi connectivity index (χ0n) is 12.7. The molecule has 0 fully saturated rings. The Labute approximate surface area is 129 Å². The van der Waals surface area contributed by atoms with E-state index in [1.165, 1.54) is 11.1 Å². The number of aryl methyl sites for hydroxylation is 1. The third kappa shape index (κ3) is 2.60. The number of imidazole rings is 1. The number of carbonyl (C=O) groups is 1. The van der Waals surface area contributed by atoms with Gasteiger partial charge in [0.25, 0.3) is 0 Å². The predicted molar refractivity (Wildman–Crippen MR) is 86.0 cm³/mol. The summed E-state index contributed by atoms with van der Waals surface area (Å²) in [4.78, 5) is 16.1. The number of pyridine rings is 1. The summed E-state index contributed by atoms with van der Waals surface area (Å²) < 4.78 is 6.86. The second-order valence-corrected chi connectivity index (χ2v) is 5.04. The summed E-state index contributed by atoms with van der Waals surface area (Å²) in [5.41, 5.74) is 4.69. The van der Waals surface area contributed by atoms with E-state index in [2.05, 4.69) is 30.1 Å². The lowest BCUT2D eigenvalue weighted by Crippen LogP contribution is -2.04. The highest BCUT2D eigenvalue weighted by molar-refractivity contribution is 5.88. The molecule has 0 aliphatic carbocycles. The molecule has 0 saturated heterocycles. The third-order valence-corrected chi connectivity index (χ3v) is 3.64. The fourth-order valence-electron chi connectivity index (χ4n) is 2.56. The maximum atomic E-state index is 11.8. The number of esters is 1. The van der Waals surface area contributed by atoms with Gasteiger partial charge in [0.1, 0.15) is 5.65 Å². The number of ether oxygens (including phenoxy) is 1. The predicted octanol–water partition coefficient (Wildman–Crippen LogP) is 3.74. The molecular formula is C18H18N2O2. The van der Waals surface area contributed by atoms with Crippen LogP contribution in [0.2, 0.25) is 0 Å². The highest BCUT2D eigenvalue weighted by Gasteiger charge is 2.12. The van der Waals surface area contributed by atoms with Gasteiger partial charge in [-0.1, -0.05) is 31.2 Å². The van der Waals surface area contributed by atoms with Crippen LogP contribution in [0.3, 0.4) is 0 Å². The average Bonchev–Trinajstić information content (AvgIpc) is 2.98.